The van der Waals surface area contributed by atoms with Crippen molar-refractivity contribution in [3.63, 3.8) is 0 Å². The van der Waals surface area contributed by atoms with E-state index in [0.29, 0.717) is 29.4 Å². The summed E-state index contributed by atoms with van der Waals surface area (Å²) < 4.78 is 0. The molecule has 0 unspecified atom stereocenters. The van der Waals surface area contributed by atoms with Crippen molar-refractivity contribution >= 4 is 23.2 Å². The van der Waals surface area contributed by atoms with E-state index in [0.717, 1.165) is 5.56 Å². The molecule has 4 heteroatoms. The zero-order valence-electron chi connectivity index (χ0n) is 8.21. The molecule has 3 N–H and O–H groups in total. The molecule has 1 aliphatic carbocycles. The lowest BCUT2D eigenvalue weighted by Crippen LogP contribution is -2.49. The summed E-state index contributed by atoms with van der Waals surface area (Å²) in [5.41, 5.74) is 6.67. The first-order valence-electron chi connectivity index (χ1n) is 4.90. The minimum atomic E-state index is -0.244. The molecular formula is C11H13Cl2NO. The molecular weight excluding hydrogens is 233 g/mol. The first-order chi connectivity index (χ1) is 7.05. The quantitative estimate of drug-likeness (QED) is 0.841. The minimum absolute atomic E-state index is 0.131. The molecule has 1 saturated carbocycles. The largest absolute Gasteiger partial charge is 0.393 e. The highest BCUT2D eigenvalue weighted by atomic mass is 35.5. The lowest BCUT2D eigenvalue weighted by molar-refractivity contribution is 0.0222. The Hall–Kier alpha value is -0.280. The second-order valence-electron chi connectivity index (χ2n) is 4.20. The molecule has 2 rings (SSSR count). The van der Waals surface area contributed by atoms with E-state index < -0.39 is 0 Å². The minimum Gasteiger partial charge on any atom is -0.393 e. The van der Waals surface area contributed by atoms with E-state index in [2.05, 4.69) is 0 Å². The van der Waals surface area contributed by atoms with E-state index in [-0.39, 0.29) is 11.5 Å². The number of benzene rings is 1. The maximum Gasteiger partial charge on any atom is 0.0558 e. The van der Waals surface area contributed by atoms with Crippen molar-refractivity contribution in [2.75, 3.05) is 6.54 Å². The molecule has 0 saturated heterocycles. The van der Waals surface area contributed by atoms with Crippen LogP contribution < -0.4 is 5.73 Å². The van der Waals surface area contributed by atoms with Crippen LogP contribution >= 0.6 is 23.2 Å². The van der Waals surface area contributed by atoms with Crippen LogP contribution in [0.4, 0.5) is 0 Å². The standard InChI is InChI=1S/C11H13Cl2NO/c12-8-1-7(2-9(13)3-8)11(6-14)4-10(15)5-11/h1-3,10,15H,4-6,14H2. The van der Waals surface area contributed by atoms with Gasteiger partial charge in [0.2, 0.25) is 0 Å². The SMILES string of the molecule is NCC1(c2cc(Cl)cc(Cl)c2)CC(O)C1. The summed E-state index contributed by atoms with van der Waals surface area (Å²) in [6.45, 7) is 0.515. The normalized spacial score (nSPS) is 30.0. The first kappa shape index (κ1) is 11.2. The molecule has 0 atom stereocenters. The topological polar surface area (TPSA) is 46.2 Å². The number of rotatable bonds is 2. The third-order valence-electron chi connectivity index (χ3n) is 3.12. The summed E-state index contributed by atoms with van der Waals surface area (Å²) in [7, 11) is 0. The van der Waals surface area contributed by atoms with E-state index in [9.17, 15) is 5.11 Å². The summed E-state index contributed by atoms with van der Waals surface area (Å²) in [5.74, 6) is 0. The summed E-state index contributed by atoms with van der Waals surface area (Å²) >= 11 is 11.9. The van der Waals surface area contributed by atoms with Gasteiger partial charge in [0.1, 0.15) is 0 Å². The number of hydrogen-bond donors (Lipinski definition) is 2. The fraction of sp³-hybridized carbons (Fsp3) is 0.455. The van der Waals surface area contributed by atoms with Crippen molar-refractivity contribution in [1.82, 2.24) is 0 Å². The Morgan fingerprint density at radius 1 is 1.27 bits per heavy atom. The van der Waals surface area contributed by atoms with Crippen molar-refractivity contribution < 1.29 is 5.11 Å². The Labute approximate surface area is 99.0 Å². The van der Waals surface area contributed by atoms with Gasteiger partial charge in [0.15, 0.2) is 0 Å². The molecule has 15 heavy (non-hydrogen) atoms. The second kappa shape index (κ2) is 3.95. The van der Waals surface area contributed by atoms with Crippen LogP contribution in [0.15, 0.2) is 18.2 Å². The van der Waals surface area contributed by atoms with E-state index in [4.69, 9.17) is 28.9 Å². The predicted molar refractivity (Wildman–Crippen MR) is 62.4 cm³/mol. The maximum absolute atomic E-state index is 9.39. The van der Waals surface area contributed by atoms with Crippen molar-refractivity contribution in [3.05, 3.63) is 33.8 Å². The third kappa shape index (κ3) is 2.00. The Bertz CT molecular complexity index is 355. The third-order valence-corrected chi connectivity index (χ3v) is 3.55. The van der Waals surface area contributed by atoms with E-state index >= 15 is 0 Å². The zero-order valence-corrected chi connectivity index (χ0v) is 9.72. The Morgan fingerprint density at radius 2 is 1.80 bits per heavy atom. The van der Waals surface area contributed by atoms with Crippen molar-refractivity contribution in [1.29, 1.82) is 0 Å². The molecule has 0 spiro atoms. The van der Waals surface area contributed by atoms with Crippen LogP contribution in [0.1, 0.15) is 18.4 Å². The fourth-order valence-electron chi connectivity index (χ4n) is 2.22. The molecule has 1 aromatic carbocycles. The van der Waals surface area contributed by atoms with Crippen LogP contribution in [-0.2, 0) is 5.41 Å². The molecule has 0 aromatic heterocycles. The van der Waals surface area contributed by atoms with Gasteiger partial charge >= 0.3 is 0 Å². The average Bonchev–Trinajstić information content (AvgIpc) is 2.10. The van der Waals surface area contributed by atoms with Crippen LogP contribution in [-0.4, -0.2) is 17.8 Å². The Kier molecular flexibility index (Phi) is 2.95. The van der Waals surface area contributed by atoms with Gasteiger partial charge in [-0.25, -0.2) is 0 Å². The highest BCUT2D eigenvalue weighted by Gasteiger charge is 2.43. The van der Waals surface area contributed by atoms with Gasteiger partial charge in [0.05, 0.1) is 6.10 Å². The highest BCUT2D eigenvalue weighted by Crippen LogP contribution is 2.44. The molecule has 2 nitrogen and oxygen atoms in total. The number of aliphatic hydroxyl groups excluding tert-OH is 1. The number of hydrogen-bond acceptors (Lipinski definition) is 2. The van der Waals surface area contributed by atoms with Crippen LogP contribution in [0.3, 0.4) is 0 Å². The lowest BCUT2D eigenvalue weighted by Gasteiger charge is -2.45. The van der Waals surface area contributed by atoms with Gasteiger partial charge in [-0.3, -0.25) is 0 Å². The molecule has 0 amide bonds. The van der Waals surface area contributed by atoms with Gasteiger partial charge < -0.3 is 10.8 Å². The van der Waals surface area contributed by atoms with E-state index in [1.807, 2.05) is 12.1 Å². The van der Waals surface area contributed by atoms with Gasteiger partial charge in [-0.1, -0.05) is 23.2 Å². The van der Waals surface area contributed by atoms with E-state index in [1.54, 1.807) is 6.07 Å². The van der Waals surface area contributed by atoms with Crippen LogP contribution in [0.25, 0.3) is 0 Å². The number of nitrogens with two attached hydrogens (primary N) is 1. The first-order valence-corrected chi connectivity index (χ1v) is 5.66. The molecule has 1 aromatic rings. The van der Waals surface area contributed by atoms with Crippen LogP contribution in [0, 0.1) is 0 Å². The molecule has 0 radical (unpaired) electrons. The maximum atomic E-state index is 9.39. The van der Waals surface area contributed by atoms with Crippen LogP contribution in [0.2, 0.25) is 10.0 Å². The highest BCUT2D eigenvalue weighted by molar-refractivity contribution is 6.34. The summed E-state index contributed by atoms with van der Waals surface area (Å²) in [6, 6.07) is 5.46. The van der Waals surface area contributed by atoms with Gasteiger partial charge in [-0.05, 0) is 36.6 Å². The van der Waals surface area contributed by atoms with Gasteiger partial charge in [0.25, 0.3) is 0 Å². The van der Waals surface area contributed by atoms with Crippen molar-refractivity contribution in [2.24, 2.45) is 5.73 Å². The van der Waals surface area contributed by atoms with Gasteiger partial charge in [-0.2, -0.15) is 0 Å². The Morgan fingerprint density at radius 3 is 2.20 bits per heavy atom. The smallest absolute Gasteiger partial charge is 0.0558 e. The summed E-state index contributed by atoms with van der Waals surface area (Å²) in [5, 5.41) is 10.6. The monoisotopic (exact) mass is 245 g/mol. The zero-order chi connectivity index (χ0) is 11.1. The molecule has 0 bridgehead atoms. The molecule has 0 heterocycles. The van der Waals surface area contributed by atoms with Crippen LogP contribution in [0.5, 0.6) is 0 Å². The molecule has 1 aliphatic rings. The number of aliphatic hydroxyl groups is 1. The fourth-order valence-corrected chi connectivity index (χ4v) is 2.75. The lowest BCUT2D eigenvalue weighted by atomic mass is 9.63. The molecule has 1 fully saturated rings. The van der Waals surface area contributed by atoms with E-state index in [1.165, 1.54) is 0 Å². The molecule has 0 aliphatic heterocycles. The van der Waals surface area contributed by atoms with Gasteiger partial charge in [-0.15, -0.1) is 0 Å². The van der Waals surface area contributed by atoms with Crippen molar-refractivity contribution in [3.8, 4) is 0 Å². The summed E-state index contributed by atoms with van der Waals surface area (Å²) in [4.78, 5) is 0. The summed E-state index contributed by atoms with van der Waals surface area (Å²) in [6.07, 6.45) is 1.15. The Balaban J connectivity index is 2.35. The second-order valence-corrected chi connectivity index (χ2v) is 5.08. The van der Waals surface area contributed by atoms with Crippen molar-refractivity contribution in [2.45, 2.75) is 24.4 Å². The molecule has 82 valence electrons. The average molecular weight is 246 g/mol. The number of halogens is 2. The predicted octanol–water partition coefficient (Wildman–Crippen LogP) is 2.34. The van der Waals surface area contributed by atoms with Gasteiger partial charge in [0, 0.05) is 22.0 Å².